The van der Waals surface area contributed by atoms with E-state index in [1.165, 1.54) is 16.6 Å². The average molecular weight is 455 g/mol. The van der Waals surface area contributed by atoms with Crippen molar-refractivity contribution in [2.24, 2.45) is 0 Å². The maximum Gasteiger partial charge on any atom is 0.341 e. The topological polar surface area (TPSA) is 112 Å². The van der Waals surface area contributed by atoms with E-state index in [4.69, 9.17) is 4.74 Å². The Morgan fingerprint density at radius 2 is 2.09 bits per heavy atom. The molecule has 0 saturated heterocycles. The Hall–Kier alpha value is -2.68. The summed E-state index contributed by atoms with van der Waals surface area (Å²) in [6.07, 6.45) is 6.52. The summed E-state index contributed by atoms with van der Waals surface area (Å²) in [5.41, 5.74) is 3.11. The second-order valence-electron chi connectivity index (χ2n) is 8.52. The third kappa shape index (κ3) is 3.52. The number of carboxylic acid groups (broad SMARTS) is 1. The van der Waals surface area contributed by atoms with Crippen LogP contribution in [0.3, 0.4) is 0 Å². The smallest absolute Gasteiger partial charge is 0.341 e. The van der Waals surface area contributed by atoms with Crippen LogP contribution in [0.15, 0.2) is 23.1 Å². The maximum absolute atomic E-state index is 12.9. The predicted octanol–water partition coefficient (Wildman–Crippen LogP) is 3.80. The van der Waals surface area contributed by atoms with Crippen LogP contribution in [0.1, 0.15) is 64.0 Å². The Labute approximate surface area is 189 Å². The molecule has 2 aromatic heterocycles. The number of hydrogen-bond donors (Lipinski definition) is 4. The van der Waals surface area contributed by atoms with E-state index in [0.29, 0.717) is 29.1 Å². The third-order valence-electron chi connectivity index (χ3n) is 6.48. The lowest BCUT2D eigenvalue weighted by Gasteiger charge is -2.23. The minimum absolute atomic E-state index is 0.110. The van der Waals surface area contributed by atoms with E-state index in [9.17, 15) is 19.8 Å². The van der Waals surface area contributed by atoms with Crippen molar-refractivity contribution in [2.45, 2.75) is 44.1 Å². The fraction of sp³-hybridized carbons (Fsp3) is 0.417. The Kier molecular flexibility index (Phi) is 5.53. The van der Waals surface area contributed by atoms with Gasteiger partial charge in [0, 0.05) is 34.1 Å². The first-order valence-electron chi connectivity index (χ1n) is 11.0. The van der Waals surface area contributed by atoms with Crippen LogP contribution in [0, 0.1) is 0 Å². The van der Waals surface area contributed by atoms with E-state index in [0.717, 1.165) is 48.1 Å². The number of rotatable bonds is 7. The van der Waals surface area contributed by atoms with Crippen molar-refractivity contribution in [2.75, 3.05) is 20.3 Å². The lowest BCUT2D eigenvalue weighted by atomic mass is 9.92. The number of nitrogens with one attached hydrogen (secondary N) is 2. The van der Waals surface area contributed by atoms with Crippen molar-refractivity contribution >= 4 is 28.2 Å². The second-order valence-corrected chi connectivity index (χ2v) is 9.66. The largest absolute Gasteiger partial charge is 0.494 e. The van der Waals surface area contributed by atoms with Crippen molar-refractivity contribution in [3.63, 3.8) is 0 Å². The van der Waals surface area contributed by atoms with Gasteiger partial charge in [0.25, 0.3) is 0 Å². The van der Waals surface area contributed by atoms with E-state index in [-0.39, 0.29) is 18.2 Å². The van der Waals surface area contributed by atoms with Gasteiger partial charge in [-0.15, -0.1) is 11.3 Å². The number of aromatic amines is 1. The molecule has 0 aliphatic heterocycles. The normalized spacial score (nSPS) is 18.0. The van der Waals surface area contributed by atoms with Gasteiger partial charge in [-0.3, -0.25) is 4.79 Å². The van der Waals surface area contributed by atoms with Crippen LogP contribution in [0.5, 0.6) is 5.75 Å². The number of carboxylic acids is 1. The number of aliphatic hydroxyl groups is 1. The zero-order valence-corrected chi connectivity index (χ0v) is 18.7. The Bertz CT molecular complexity index is 1260. The molecule has 8 heteroatoms. The van der Waals surface area contributed by atoms with Crippen molar-refractivity contribution in [1.29, 1.82) is 0 Å². The summed E-state index contributed by atoms with van der Waals surface area (Å²) in [6.45, 7) is 0.675. The highest BCUT2D eigenvalue weighted by Crippen LogP contribution is 2.52. The minimum Gasteiger partial charge on any atom is -0.494 e. The molecule has 4 N–H and O–H groups in total. The van der Waals surface area contributed by atoms with E-state index in [2.05, 4.69) is 16.4 Å². The van der Waals surface area contributed by atoms with Crippen LogP contribution in [0.4, 0.5) is 0 Å². The van der Waals surface area contributed by atoms with Gasteiger partial charge >= 0.3 is 5.97 Å². The zero-order valence-electron chi connectivity index (χ0n) is 17.9. The first-order valence-corrected chi connectivity index (χ1v) is 11.8. The van der Waals surface area contributed by atoms with Crippen molar-refractivity contribution in [3.8, 4) is 16.2 Å². The highest BCUT2D eigenvalue weighted by atomic mass is 32.1. The maximum atomic E-state index is 12.9. The van der Waals surface area contributed by atoms with Crippen LogP contribution in [-0.4, -0.2) is 41.4 Å². The first-order chi connectivity index (χ1) is 15.5. The molecule has 2 aliphatic carbocycles. The van der Waals surface area contributed by atoms with Gasteiger partial charge in [0.1, 0.15) is 5.56 Å². The molecular weight excluding hydrogens is 428 g/mol. The minimum atomic E-state index is -1.24. The molecule has 0 radical (unpaired) electrons. The molecule has 1 fully saturated rings. The van der Waals surface area contributed by atoms with Crippen molar-refractivity contribution in [3.05, 3.63) is 50.1 Å². The summed E-state index contributed by atoms with van der Waals surface area (Å²) < 4.78 is 5.85. The second kappa shape index (κ2) is 8.35. The average Bonchev–Trinajstić information content (AvgIpc) is 3.54. The summed E-state index contributed by atoms with van der Waals surface area (Å²) >= 11 is 1.77. The molecule has 32 heavy (non-hydrogen) atoms. The Morgan fingerprint density at radius 1 is 1.28 bits per heavy atom. The number of hydrogen-bond acceptors (Lipinski definition) is 6. The van der Waals surface area contributed by atoms with Crippen LogP contribution in [0.2, 0.25) is 0 Å². The number of ether oxygens (including phenoxy) is 1. The molecule has 1 unspecified atom stereocenters. The van der Waals surface area contributed by atoms with Crippen LogP contribution < -0.4 is 15.5 Å². The van der Waals surface area contributed by atoms with Gasteiger partial charge in [0.15, 0.2) is 5.75 Å². The quantitative estimate of drug-likeness (QED) is 0.432. The van der Waals surface area contributed by atoms with Gasteiger partial charge in [-0.1, -0.05) is 0 Å². The molecule has 7 nitrogen and oxygen atoms in total. The molecule has 2 heterocycles. The van der Waals surface area contributed by atoms with E-state index < -0.39 is 11.4 Å². The number of methoxy groups -OCH3 is 1. The molecule has 1 atom stereocenters. The van der Waals surface area contributed by atoms with Crippen LogP contribution >= 0.6 is 11.3 Å². The molecule has 5 rings (SSSR count). The molecule has 1 saturated carbocycles. The van der Waals surface area contributed by atoms with E-state index in [1.807, 2.05) is 6.07 Å². The number of aryl methyl sites for hydroxylation is 1. The monoisotopic (exact) mass is 454 g/mol. The summed E-state index contributed by atoms with van der Waals surface area (Å²) in [5.74, 6) is -0.299. The third-order valence-corrected chi connectivity index (χ3v) is 7.70. The molecule has 2 aliphatic rings. The number of fused-ring (bicyclic) bond motifs is 2. The lowest BCUT2D eigenvalue weighted by molar-refractivity contribution is 0.0695. The standard InChI is InChI=1S/C24H26N2O5S/c1-31-23-20(19-10-14-17(25-7-8-27)3-2-4-18(14)32-19)13(12-5-6-12)9-15-21(23)26-11-16(22(15)28)24(29)30/h9-12,17,25,27H,2-8H2,1H3,(H,26,28)(H,29,30). The molecule has 1 aromatic carbocycles. The number of carbonyl (C=O) groups is 1. The van der Waals surface area contributed by atoms with Crippen molar-refractivity contribution < 1.29 is 19.7 Å². The Balaban J connectivity index is 1.72. The summed E-state index contributed by atoms with van der Waals surface area (Å²) in [7, 11) is 1.59. The summed E-state index contributed by atoms with van der Waals surface area (Å²) in [4.78, 5) is 29.9. The number of H-pyrrole nitrogens is 1. The summed E-state index contributed by atoms with van der Waals surface area (Å²) in [6, 6.07) is 4.33. The van der Waals surface area contributed by atoms with Gasteiger partial charge in [0.05, 0.1) is 24.6 Å². The van der Waals surface area contributed by atoms with Gasteiger partial charge in [-0.2, -0.15) is 0 Å². The van der Waals surface area contributed by atoms with Gasteiger partial charge in [0.2, 0.25) is 5.43 Å². The van der Waals surface area contributed by atoms with Gasteiger partial charge in [-0.05, 0) is 61.3 Å². The van der Waals surface area contributed by atoms with E-state index >= 15 is 0 Å². The molecular formula is C24H26N2O5S. The first kappa shape index (κ1) is 21.2. The van der Waals surface area contributed by atoms with Crippen LogP contribution in [0.25, 0.3) is 21.3 Å². The molecule has 3 aromatic rings. The SMILES string of the molecule is COc1c(-c2cc3c(s2)CCCC3NCCO)c(C2CC2)cc2c(=O)c(C(=O)O)c[nH]c12. The number of aromatic nitrogens is 1. The van der Waals surface area contributed by atoms with E-state index in [1.54, 1.807) is 18.4 Å². The number of aromatic carboxylic acids is 1. The van der Waals surface area contributed by atoms with Crippen molar-refractivity contribution in [1.82, 2.24) is 10.3 Å². The van der Waals surface area contributed by atoms with Gasteiger partial charge < -0.3 is 25.3 Å². The highest BCUT2D eigenvalue weighted by molar-refractivity contribution is 7.15. The zero-order chi connectivity index (χ0) is 22.4. The number of benzene rings is 1. The molecule has 0 bridgehead atoms. The summed E-state index contributed by atoms with van der Waals surface area (Å²) in [5, 5.41) is 22.4. The predicted molar refractivity (Wildman–Crippen MR) is 124 cm³/mol. The fourth-order valence-corrected chi connectivity index (χ4v) is 6.15. The highest BCUT2D eigenvalue weighted by Gasteiger charge is 2.32. The van der Waals surface area contributed by atoms with Gasteiger partial charge in [-0.25, -0.2) is 4.79 Å². The number of aliphatic hydroxyl groups excluding tert-OH is 1. The molecule has 168 valence electrons. The molecule has 0 spiro atoms. The lowest BCUT2D eigenvalue weighted by Crippen LogP contribution is -2.26. The molecule has 0 amide bonds. The fourth-order valence-electron chi connectivity index (χ4n) is 4.82. The number of thiophene rings is 1. The van der Waals surface area contributed by atoms with Crippen LogP contribution in [-0.2, 0) is 6.42 Å². The Morgan fingerprint density at radius 3 is 2.78 bits per heavy atom. The number of pyridine rings is 1.